The molecule has 2 N–H and O–H groups in total. The van der Waals surface area contributed by atoms with Gasteiger partial charge in [-0.2, -0.15) is 0 Å². The lowest BCUT2D eigenvalue weighted by molar-refractivity contribution is -0.116. The van der Waals surface area contributed by atoms with Crippen LogP contribution in [0.25, 0.3) is 22.4 Å². The number of nitrogens with zero attached hydrogens (tertiary/aromatic N) is 2. The van der Waals surface area contributed by atoms with E-state index in [0.717, 1.165) is 53.9 Å². The molecule has 0 spiro atoms. The van der Waals surface area contributed by atoms with E-state index < -0.39 is 0 Å². The zero-order valence-electron chi connectivity index (χ0n) is 16.7. The van der Waals surface area contributed by atoms with Gasteiger partial charge in [0.05, 0.1) is 22.4 Å². The summed E-state index contributed by atoms with van der Waals surface area (Å²) in [4.78, 5) is 22.5. The molecule has 148 valence electrons. The quantitative estimate of drug-likeness (QED) is 0.552. The van der Waals surface area contributed by atoms with Crippen molar-refractivity contribution in [2.24, 2.45) is 0 Å². The number of fused-ring (bicyclic) bond motifs is 1. The smallest absolute Gasteiger partial charge is 0.224 e. The molecule has 3 rings (SSSR count). The third-order valence-corrected chi connectivity index (χ3v) is 4.85. The maximum absolute atomic E-state index is 13.2. The van der Waals surface area contributed by atoms with E-state index in [0.29, 0.717) is 12.2 Å². The van der Waals surface area contributed by atoms with Gasteiger partial charge in [0, 0.05) is 25.1 Å². The summed E-state index contributed by atoms with van der Waals surface area (Å²) in [5, 5.41) is 3.07. The first kappa shape index (κ1) is 19.9. The Kier molecular flexibility index (Phi) is 6.29. The number of aromatic amines is 1. The largest absolute Gasteiger partial charge is 0.370 e. The number of carbonyl (C=O) groups is 1. The number of amides is 1. The van der Waals surface area contributed by atoms with E-state index in [2.05, 4.69) is 41.0 Å². The first-order valence-electron chi connectivity index (χ1n) is 9.90. The van der Waals surface area contributed by atoms with Gasteiger partial charge in [-0.3, -0.25) is 4.79 Å². The molecule has 1 amide bonds. The van der Waals surface area contributed by atoms with Crippen LogP contribution in [0.5, 0.6) is 0 Å². The number of hydrogen-bond acceptors (Lipinski definition) is 3. The normalized spacial score (nSPS) is 11.0. The second kappa shape index (κ2) is 8.87. The number of imidazole rings is 1. The van der Waals surface area contributed by atoms with Crippen molar-refractivity contribution in [3.63, 3.8) is 0 Å². The highest BCUT2D eigenvalue weighted by Gasteiger charge is 2.15. The summed E-state index contributed by atoms with van der Waals surface area (Å²) in [5.41, 5.74) is 4.20. The van der Waals surface area contributed by atoms with Crippen molar-refractivity contribution in [3.8, 4) is 11.4 Å². The van der Waals surface area contributed by atoms with Crippen molar-refractivity contribution in [2.75, 3.05) is 23.3 Å². The summed E-state index contributed by atoms with van der Waals surface area (Å²) < 4.78 is 13.2. The van der Waals surface area contributed by atoms with Gasteiger partial charge in [-0.1, -0.05) is 13.3 Å². The predicted octanol–water partition coefficient (Wildman–Crippen LogP) is 5.34. The first-order chi connectivity index (χ1) is 13.5. The van der Waals surface area contributed by atoms with Gasteiger partial charge in [-0.15, -0.1) is 0 Å². The van der Waals surface area contributed by atoms with Gasteiger partial charge < -0.3 is 15.2 Å². The van der Waals surface area contributed by atoms with Crippen LogP contribution in [0.4, 0.5) is 15.8 Å². The summed E-state index contributed by atoms with van der Waals surface area (Å²) in [5.74, 6) is 0.420. The summed E-state index contributed by atoms with van der Waals surface area (Å²) in [7, 11) is 0. The number of halogens is 1. The van der Waals surface area contributed by atoms with Crippen molar-refractivity contribution < 1.29 is 9.18 Å². The van der Waals surface area contributed by atoms with Crippen LogP contribution in [-0.4, -0.2) is 29.0 Å². The number of nitrogens with one attached hydrogen (secondary N) is 2. The standard InChI is InChI=1S/C22H27FN4O/c1-4-7-8-21(28)24-19-13-17-18(14-20(19)27(5-2)6-3)26-22(25-17)15-9-11-16(23)12-10-15/h9-14H,4-8H2,1-3H3,(H,24,28)(H,25,26). The molecule has 0 aliphatic rings. The van der Waals surface area contributed by atoms with E-state index in [1.807, 2.05) is 12.1 Å². The fourth-order valence-corrected chi connectivity index (χ4v) is 3.27. The minimum absolute atomic E-state index is 0.0212. The molecule has 1 heterocycles. The van der Waals surface area contributed by atoms with Gasteiger partial charge in [0.2, 0.25) is 5.91 Å². The van der Waals surface area contributed by atoms with Crippen LogP contribution in [0.3, 0.4) is 0 Å². The third kappa shape index (κ3) is 4.32. The lowest BCUT2D eigenvalue weighted by atomic mass is 10.2. The average Bonchev–Trinajstić information content (AvgIpc) is 3.10. The molecule has 6 heteroatoms. The molecular formula is C22H27FN4O. The Balaban J connectivity index is 2.02. The maximum Gasteiger partial charge on any atom is 0.224 e. The highest BCUT2D eigenvalue weighted by molar-refractivity contribution is 5.98. The van der Waals surface area contributed by atoms with Gasteiger partial charge >= 0.3 is 0 Å². The van der Waals surface area contributed by atoms with Gasteiger partial charge in [-0.05, 0) is 56.7 Å². The second-order valence-corrected chi connectivity index (χ2v) is 6.80. The number of anilines is 2. The van der Waals surface area contributed by atoms with Crippen LogP contribution in [0.1, 0.15) is 40.0 Å². The molecule has 2 aromatic carbocycles. The van der Waals surface area contributed by atoms with Crippen molar-refractivity contribution in [1.82, 2.24) is 9.97 Å². The fourth-order valence-electron chi connectivity index (χ4n) is 3.27. The zero-order valence-corrected chi connectivity index (χ0v) is 16.7. The van der Waals surface area contributed by atoms with E-state index in [1.165, 1.54) is 12.1 Å². The molecule has 0 saturated carbocycles. The minimum atomic E-state index is -0.277. The van der Waals surface area contributed by atoms with Gasteiger partial charge in [0.15, 0.2) is 0 Å². The van der Waals surface area contributed by atoms with Gasteiger partial charge in [0.25, 0.3) is 0 Å². The molecule has 5 nitrogen and oxygen atoms in total. The number of benzene rings is 2. The lowest BCUT2D eigenvalue weighted by Crippen LogP contribution is -2.24. The van der Waals surface area contributed by atoms with Crippen LogP contribution in [0.2, 0.25) is 0 Å². The van der Waals surface area contributed by atoms with Crippen molar-refractivity contribution in [2.45, 2.75) is 40.0 Å². The number of unbranched alkanes of at least 4 members (excludes halogenated alkanes) is 1. The SMILES string of the molecule is CCCCC(=O)Nc1cc2[nH]c(-c3ccc(F)cc3)nc2cc1N(CC)CC. The van der Waals surface area contributed by atoms with E-state index >= 15 is 0 Å². The summed E-state index contributed by atoms with van der Waals surface area (Å²) in [6.45, 7) is 7.90. The number of aromatic nitrogens is 2. The minimum Gasteiger partial charge on any atom is -0.370 e. The van der Waals surface area contributed by atoms with Crippen LogP contribution >= 0.6 is 0 Å². The summed E-state index contributed by atoms with van der Waals surface area (Å²) >= 11 is 0. The Morgan fingerprint density at radius 1 is 1.14 bits per heavy atom. The van der Waals surface area contributed by atoms with Crippen LogP contribution in [-0.2, 0) is 4.79 Å². The molecule has 0 bridgehead atoms. The molecule has 1 aromatic heterocycles. The summed E-state index contributed by atoms with van der Waals surface area (Å²) in [6, 6.07) is 10.2. The molecular weight excluding hydrogens is 355 g/mol. The van der Waals surface area contributed by atoms with Crippen LogP contribution < -0.4 is 10.2 Å². The van der Waals surface area contributed by atoms with E-state index in [1.54, 1.807) is 12.1 Å². The Labute approximate surface area is 165 Å². The Bertz CT molecular complexity index is 945. The molecule has 0 atom stereocenters. The maximum atomic E-state index is 13.2. The number of hydrogen-bond donors (Lipinski definition) is 2. The lowest BCUT2D eigenvalue weighted by Gasteiger charge is -2.24. The molecule has 0 unspecified atom stereocenters. The third-order valence-electron chi connectivity index (χ3n) is 4.85. The fraction of sp³-hybridized carbons (Fsp3) is 0.364. The van der Waals surface area contributed by atoms with Crippen molar-refractivity contribution in [1.29, 1.82) is 0 Å². The van der Waals surface area contributed by atoms with E-state index in [-0.39, 0.29) is 11.7 Å². The summed E-state index contributed by atoms with van der Waals surface area (Å²) in [6.07, 6.45) is 2.36. The molecule has 0 aliphatic carbocycles. The van der Waals surface area contributed by atoms with Crippen LogP contribution in [0, 0.1) is 5.82 Å². The van der Waals surface area contributed by atoms with Gasteiger partial charge in [0.1, 0.15) is 11.6 Å². The highest BCUT2D eigenvalue weighted by atomic mass is 19.1. The van der Waals surface area contributed by atoms with E-state index in [9.17, 15) is 9.18 Å². The van der Waals surface area contributed by atoms with E-state index in [4.69, 9.17) is 0 Å². The van der Waals surface area contributed by atoms with Gasteiger partial charge in [-0.25, -0.2) is 9.37 Å². The number of carbonyl (C=O) groups excluding carboxylic acids is 1. The van der Waals surface area contributed by atoms with Crippen LogP contribution in [0.15, 0.2) is 36.4 Å². The molecule has 0 fully saturated rings. The predicted molar refractivity (Wildman–Crippen MR) is 113 cm³/mol. The molecule has 0 saturated heterocycles. The first-order valence-corrected chi connectivity index (χ1v) is 9.90. The number of rotatable bonds is 8. The zero-order chi connectivity index (χ0) is 20.1. The Morgan fingerprint density at radius 3 is 2.50 bits per heavy atom. The Hall–Kier alpha value is -2.89. The average molecular weight is 382 g/mol. The monoisotopic (exact) mass is 382 g/mol. The van der Waals surface area contributed by atoms with Crippen molar-refractivity contribution in [3.05, 3.63) is 42.2 Å². The second-order valence-electron chi connectivity index (χ2n) is 6.80. The molecule has 3 aromatic rings. The number of H-pyrrole nitrogens is 1. The molecule has 28 heavy (non-hydrogen) atoms. The highest BCUT2D eigenvalue weighted by Crippen LogP contribution is 2.32. The Morgan fingerprint density at radius 2 is 1.86 bits per heavy atom. The molecule has 0 aliphatic heterocycles. The molecule has 0 radical (unpaired) electrons. The van der Waals surface area contributed by atoms with Crippen molar-refractivity contribution >= 4 is 28.3 Å². The topological polar surface area (TPSA) is 61.0 Å².